The number of nitro benzene ring substituents is 1. The lowest BCUT2D eigenvalue weighted by atomic mass is 10.1. The fraction of sp³-hybridized carbons (Fsp3) is 0.333. The van der Waals surface area contributed by atoms with Crippen molar-refractivity contribution < 1.29 is 19.2 Å². The smallest absolute Gasteiger partial charge is 0.429 e. The van der Waals surface area contributed by atoms with Crippen molar-refractivity contribution in [1.82, 2.24) is 10.4 Å². The van der Waals surface area contributed by atoms with E-state index in [0.29, 0.717) is 5.56 Å². The van der Waals surface area contributed by atoms with Crippen LogP contribution < -0.4 is 5.43 Å². The molecule has 1 aliphatic heterocycles. The Morgan fingerprint density at radius 2 is 2.15 bits per heavy atom. The van der Waals surface area contributed by atoms with E-state index in [1.807, 2.05) is 0 Å². The molecule has 1 saturated heterocycles. The molecule has 1 aliphatic rings. The van der Waals surface area contributed by atoms with Gasteiger partial charge < -0.3 is 4.74 Å². The maximum Gasteiger partial charge on any atom is 0.429 e. The lowest BCUT2D eigenvalue weighted by Crippen LogP contribution is -2.43. The standard InChI is InChI=1S/C12H13N3O5/c1-2-11(16)13-14-10(7-20-12(14)17)8-3-5-9(6-4-8)15(18)19/h3-6,10H,2,7H2,1H3,(H,13,16). The Morgan fingerprint density at radius 1 is 1.50 bits per heavy atom. The molecule has 8 nitrogen and oxygen atoms in total. The summed E-state index contributed by atoms with van der Waals surface area (Å²) in [7, 11) is 0. The Morgan fingerprint density at radius 3 is 2.70 bits per heavy atom. The second-order valence-corrected chi connectivity index (χ2v) is 4.20. The third-order valence-corrected chi connectivity index (χ3v) is 2.93. The predicted octanol–water partition coefficient (Wildman–Crippen LogP) is 1.53. The molecule has 1 unspecified atom stereocenters. The van der Waals surface area contributed by atoms with Gasteiger partial charge in [-0.2, -0.15) is 0 Å². The van der Waals surface area contributed by atoms with Gasteiger partial charge in [0.05, 0.1) is 4.92 Å². The van der Waals surface area contributed by atoms with Crippen molar-refractivity contribution in [1.29, 1.82) is 0 Å². The van der Waals surface area contributed by atoms with E-state index in [-0.39, 0.29) is 24.6 Å². The molecule has 1 fully saturated rings. The Hall–Kier alpha value is -2.64. The van der Waals surface area contributed by atoms with Crippen LogP contribution in [0.1, 0.15) is 24.9 Å². The van der Waals surface area contributed by atoms with E-state index in [0.717, 1.165) is 5.01 Å². The number of nitrogens with one attached hydrogen (secondary N) is 1. The number of nitrogens with zero attached hydrogens (tertiary/aromatic N) is 2. The van der Waals surface area contributed by atoms with Crippen LogP contribution in [0.2, 0.25) is 0 Å². The highest BCUT2D eigenvalue weighted by Crippen LogP contribution is 2.27. The zero-order valence-corrected chi connectivity index (χ0v) is 10.7. The number of non-ortho nitro benzene ring substituents is 1. The quantitative estimate of drug-likeness (QED) is 0.665. The Kier molecular flexibility index (Phi) is 3.83. The van der Waals surface area contributed by atoms with Crippen LogP contribution in [-0.4, -0.2) is 28.5 Å². The lowest BCUT2D eigenvalue weighted by Gasteiger charge is -2.21. The second kappa shape index (κ2) is 5.55. The molecular formula is C12H13N3O5. The SMILES string of the molecule is CCC(=O)NN1C(=O)OCC1c1ccc([N+](=O)[O-])cc1. The van der Waals surface area contributed by atoms with E-state index in [9.17, 15) is 19.7 Å². The van der Waals surface area contributed by atoms with E-state index >= 15 is 0 Å². The predicted molar refractivity (Wildman–Crippen MR) is 67.5 cm³/mol. The molecule has 1 aromatic rings. The van der Waals surface area contributed by atoms with Gasteiger partial charge in [-0.25, -0.2) is 9.80 Å². The van der Waals surface area contributed by atoms with Gasteiger partial charge in [-0.1, -0.05) is 6.92 Å². The topological polar surface area (TPSA) is 102 Å². The van der Waals surface area contributed by atoms with Gasteiger partial charge in [0.2, 0.25) is 5.91 Å². The molecule has 0 aromatic heterocycles. The van der Waals surface area contributed by atoms with E-state index < -0.39 is 17.1 Å². The first-order valence-electron chi connectivity index (χ1n) is 6.02. The number of carbonyl (C=O) groups is 2. The second-order valence-electron chi connectivity index (χ2n) is 4.20. The third kappa shape index (κ3) is 2.68. The van der Waals surface area contributed by atoms with Gasteiger partial charge in [-0.3, -0.25) is 20.3 Å². The van der Waals surface area contributed by atoms with Crippen molar-refractivity contribution in [3.05, 3.63) is 39.9 Å². The molecule has 0 bridgehead atoms. The minimum atomic E-state index is -0.643. The summed E-state index contributed by atoms with van der Waals surface area (Å²) in [5.41, 5.74) is 3.06. The van der Waals surface area contributed by atoms with Crippen LogP contribution >= 0.6 is 0 Å². The number of benzene rings is 1. The van der Waals surface area contributed by atoms with Crippen LogP contribution in [0, 0.1) is 10.1 Å². The molecule has 1 N–H and O–H groups in total. The van der Waals surface area contributed by atoms with Gasteiger partial charge in [0.1, 0.15) is 12.6 Å². The first kappa shape index (κ1) is 13.8. The highest BCUT2D eigenvalue weighted by atomic mass is 16.6. The van der Waals surface area contributed by atoms with Crippen molar-refractivity contribution in [2.75, 3.05) is 6.61 Å². The number of ether oxygens (including phenoxy) is 1. The number of nitro groups is 1. The van der Waals surface area contributed by atoms with E-state index in [1.165, 1.54) is 24.3 Å². The highest BCUT2D eigenvalue weighted by Gasteiger charge is 2.35. The fourth-order valence-electron chi connectivity index (χ4n) is 1.82. The number of carbonyl (C=O) groups excluding carboxylic acids is 2. The molecule has 8 heteroatoms. The maximum atomic E-state index is 11.6. The monoisotopic (exact) mass is 279 g/mol. The minimum Gasteiger partial charge on any atom is -0.446 e. The lowest BCUT2D eigenvalue weighted by molar-refractivity contribution is -0.384. The third-order valence-electron chi connectivity index (χ3n) is 2.93. The highest BCUT2D eigenvalue weighted by molar-refractivity contribution is 5.79. The summed E-state index contributed by atoms with van der Waals surface area (Å²) in [6.07, 6.45) is -0.410. The molecule has 2 amide bonds. The molecule has 2 rings (SSSR count). The normalized spacial score (nSPS) is 17.8. The van der Waals surface area contributed by atoms with Crippen LogP contribution in [0.15, 0.2) is 24.3 Å². The first-order valence-corrected chi connectivity index (χ1v) is 6.02. The molecule has 1 atom stereocenters. The zero-order chi connectivity index (χ0) is 14.7. The Balaban J connectivity index is 2.19. The summed E-state index contributed by atoms with van der Waals surface area (Å²) in [6.45, 7) is 1.75. The molecule has 106 valence electrons. The number of hydrazine groups is 1. The number of hydrogen-bond donors (Lipinski definition) is 1. The molecular weight excluding hydrogens is 266 g/mol. The molecule has 1 aromatic carbocycles. The fourth-order valence-corrected chi connectivity index (χ4v) is 1.82. The molecule has 0 aliphatic carbocycles. The van der Waals surface area contributed by atoms with Crippen molar-refractivity contribution in [3.8, 4) is 0 Å². The molecule has 20 heavy (non-hydrogen) atoms. The van der Waals surface area contributed by atoms with Crippen LogP contribution in [-0.2, 0) is 9.53 Å². The van der Waals surface area contributed by atoms with Crippen LogP contribution in [0.5, 0.6) is 0 Å². The molecule has 0 radical (unpaired) electrons. The van der Waals surface area contributed by atoms with E-state index in [1.54, 1.807) is 6.92 Å². The van der Waals surface area contributed by atoms with Gasteiger partial charge in [0, 0.05) is 18.6 Å². The summed E-state index contributed by atoms with van der Waals surface area (Å²) in [4.78, 5) is 33.0. The van der Waals surface area contributed by atoms with Crippen molar-refractivity contribution in [2.24, 2.45) is 0 Å². The number of rotatable bonds is 4. The van der Waals surface area contributed by atoms with E-state index in [2.05, 4.69) is 5.43 Å². The van der Waals surface area contributed by atoms with Crippen molar-refractivity contribution >= 4 is 17.7 Å². The van der Waals surface area contributed by atoms with Gasteiger partial charge in [-0.15, -0.1) is 0 Å². The summed E-state index contributed by atoms with van der Waals surface area (Å²) < 4.78 is 4.89. The summed E-state index contributed by atoms with van der Waals surface area (Å²) >= 11 is 0. The average Bonchev–Trinajstić information content (AvgIpc) is 2.80. The molecule has 0 saturated carbocycles. The Bertz CT molecular complexity index is 543. The number of cyclic esters (lactones) is 1. The first-order chi connectivity index (χ1) is 9.52. The van der Waals surface area contributed by atoms with Crippen LogP contribution in [0.25, 0.3) is 0 Å². The average molecular weight is 279 g/mol. The van der Waals surface area contributed by atoms with Crippen LogP contribution in [0.3, 0.4) is 0 Å². The van der Waals surface area contributed by atoms with Crippen molar-refractivity contribution in [2.45, 2.75) is 19.4 Å². The summed E-state index contributed by atoms with van der Waals surface area (Å²) in [6, 6.07) is 5.28. The zero-order valence-electron chi connectivity index (χ0n) is 10.7. The van der Waals surface area contributed by atoms with Gasteiger partial charge in [0.25, 0.3) is 5.69 Å². The van der Waals surface area contributed by atoms with Gasteiger partial charge in [0.15, 0.2) is 0 Å². The largest absolute Gasteiger partial charge is 0.446 e. The Labute approximate surface area is 114 Å². The maximum absolute atomic E-state index is 11.6. The summed E-state index contributed by atoms with van der Waals surface area (Å²) in [5, 5.41) is 11.7. The van der Waals surface area contributed by atoms with Gasteiger partial charge in [-0.05, 0) is 17.7 Å². The number of hydrogen-bond acceptors (Lipinski definition) is 5. The molecule has 1 heterocycles. The minimum absolute atomic E-state index is 0.0388. The van der Waals surface area contributed by atoms with Gasteiger partial charge >= 0.3 is 6.09 Å². The molecule has 0 spiro atoms. The van der Waals surface area contributed by atoms with E-state index in [4.69, 9.17) is 4.74 Å². The summed E-state index contributed by atoms with van der Waals surface area (Å²) in [5.74, 6) is -0.309. The van der Waals surface area contributed by atoms with Crippen LogP contribution in [0.4, 0.5) is 10.5 Å². The number of amides is 2. The van der Waals surface area contributed by atoms with Crippen molar-refractivity contribution in [3.63, 3.8) is 0 Å².